The Labute approximate surface area is 116 Å². The summed E-state index contributed by atoms with van der Waals surface area (Å²) in [7, 11) is 0. The number of carbonyl (C=O) groups excluding carboxylic acids is 2. The predicted octanol–water partition coefficient (Wildman–Crippen LogP) is 1.87. The van der Waals surface area contributed by atoms with Gasteiger partial charge in [0.1, 0.15) is 0 Å². The van der Waals surface area contributed by atoms with Crippen LogP contribution in [0.1, 0.15) is 30.7 Å². The van der Waals surface area contributed by atoms with E-state index in [-0.39, 0.29) is 5.92 Å². The Kier molecular flexibility index (Phi) is 3.90. The van der Waals surface area contributed by atoms with E-state index in [1.54, 1.807) is 12.1 Å². The fourth-order valence-corrected chi connectivity index (χ4v) is 2.70. The number of benzene rings is 1. The molecule has 0 bridgehead atoms. The third kappa shape index (κ3) is 2.79. The van der Waals surface area contributed by atoms with Crippen molar-refractivity contribution in [1.82, 2.24) is 0 Å². The normalized spacial score (nSPS) is 19.3. The molecular weight excluding hydrogens is 264 g/mol. The largest absolute Gasteiger partial charge is 0.366 e. The smallest absolute Gasteiger partial charge is 0.245 e. The van der Waals surface area contributed by atoms with Crippen LogP contribution in [0.25, 0.3) is 0 Å². The van der Waals surface area contributed by atoms with E-state index in [2.05, 4.69) is 0 Å². The number of nitrogens with two attached hydrogens (primary N) is 2. The molecule has 1 aromatic rings. The van der Waals surface area contributed by atoms with Crippen molar-refractivity contribution >= 4 is 23.4 Å². The second-order valence-electron chi connectivity index (χ2n) is 4.62. The lowest BCUT2D eigenvalue weighted by Crippen LogP contribution is -2.29. The van der Waals surface area contributed by atoms with Crippen molar-refractivity contribution in [1.29, 1.82) is 0 Å². The average molecular weight is 279 g/mol. The van der Waals surface area contributed by atoms with Gasteiger partial charge in [-0.15, -0.1) is 0 Å². The Hall–Kier alpha value is -1.81. The van der Waals surface area contributed by atoms with Gasteiger partial charge in [-0.05, 0) is 37.0 Å². The Morgan fingerprint density at radius 3 is 2.26 bits per heavy atom. The van der Waals surface area contributed by atoms with Gasteiger partial charge in [0, 0.05) is 22.1 Å². The van der Waals surface area contributed by atoms with E-state index in [0.29, 0.717) is 22.6 Å². The minimum Gasteiger partial charge on any atom is -0.366 e. The number of amides is 2. The van der Waals surface area contributed by atoms with Gasteiger partial charge in [-0.1, -0.05) is 23.7 Å². The minimum atomic E-state index is -0.576. The van der Waals surface area contributed by atoms with Gasteiger partial charge < -0.3 is 11.5 Å². The molecule has 1 aliphatic carbocycles. The van der Waals surface area contributed by atoms with Gasteiger partial charge in [-0.25, -0.2) is 0 Å². The highest BCUT2D eigenvalue weighted by atomic mass is 35.5. The lowest BCUT2D eigenvalue weighted by atomic mass is 9.78. The van der Waals surface area contributed by atoms with Crippen molar-refractivity contribution < 1.29 is 9.59 Å². The van der Waals surface area contributed by atoms with Crippen molar-refractivity contribution in [2.24, 2.45) is 11.5 Å². The third-order valence-electron chi connectivity index (χ3n) is 3.43. The van der Waals surface area contributed by atoms with Gasteiger partial charge in [0.15, 0.2) is 0 Å². The van der Waals surface area contributed by atoms with Crippen LogP contribution < -0.4 is 11.5 Å². The molecule has 0 fully saturated rings. The zero-order valence-corrected chi connectivity index (χ0v) is 11.1. The van der Waals surface area contributed by atoms with Gasteiger partial charge in [-0.3, -0.25) is 9.59 Å². The summed E-state index contributed by atoms with van der Waals surface area (Å²) in [4.78, 5) is 23.1. The van der Waals surface area contributed by atoms with Crippen LogP contribution in [0.4, 0.5) is 0 Å². The summed E-state index contributed by atoms with van der Waals surface area (Å²) in [5, 5.41) is 0.624. The van der Waals surface area contributed by atoms with E-state index in [1.165, 1.54) is 0 Å². The van der Waals surface area contributed by atoms with Gasteiger partial charge >= 0.3 is 0 Å². The molecule has 4 nitrogen and oxygen atoms in total. The predicted molar refractivity (Wildman–Crippen MR) is 73.5 cm³/mol. The molecule has 5 heteroatoms. The second kappa shape index (κ2) is 5.45. The maximum absolute atomic E-state index is 11.7. The number of carbonyl (C=O) groups is 2. The van der Waals surface area contributed by atoms with Crippen molar-refractivity contribution in [3.63, 3.8) is 0 Å². The first-order valence-electron chi connectivity index (χ1n) is 6.09. The van der Waals surface area contributed by atoms with Crippen molar-refractivity contribution in [2.45, 2.75) is 25.2 Å². The molecule has 0 heterocycles. The van der Waals surface area contributed by atoms with Gasteiger partial charge in [0.05, 0.1) is 0 Å². The minimum absolute atomic E-state index is 0.175. The summed E-state index contributed by atoms with van der Waals surface area (Å²) < 4.78 is 0. The highest BCUT2D eigenvalue weighted by Crippen LogP contribution is 2.37. The van der Waals surface area contributed by atoms with E-state index in [0.717, 1.165) is 18.4 Å². The number of hydrogen-bond acceptors (Lipinski definition) is 2. The number of hydrogen-bond donors (Lipinski definition) is 2. The molecule has 100 valence electrons. The molecule has 0 saturated carbocycles. The molecule has 2 amide bonds. The lowest BCUT2D eigenvalue weighted by Gasteiger charge is -2.26. The van der Waals surface area contributed by atoms with Crippen LogP contribution >= 0.6 is 11.6 Å². The van der Waals surface area contributed by atoms with Crippen molar-refractivity contribution in [3.05, 3.63) is 46.0 Å². The molecule has 0 radical (unpaired) electrons. The fourth-order valence-electron chi connectivity index (χ4n) is 2.58. The molecule has 4 N–H and O–H groups in total. The lowest BCUT2D eigenvalue weighted by molar-refractivity contribution is -0.117. The summed E-state index contributed by atoms with van der Waals surface area (Å²) >= 11 is 5.85. The summed E-state index contributed by atoms with van der Waals surface area (Å²) in [6.07, 6.45) is 2.09. The van der Waals surface area contributed by atoms with Crippen LogP contribution in [0.3, 0.4) is 0 Å². The number of halogens is 1. The van der Waals surface area contributed by atoms with Gasteiger partial charge in [0.2, 0.25) is 11.8 Å². The Morgan fingerprint density at radius 1 is 1.11 bits per heavy atom. The van der Waals surface area contributed by atoms with E-state index < -0.39 is 11.8 Å². The van der Waals surface area contributed by atoms with E-state index in [4.69, 9.17) is 23.1 Å². The molecule has 0 spiro atoms. The molecule has 0 saturated heterocycles. The summed E-state index contributed by atoms with van der Waals surface area (Å²) in [5.41, 5.74) is 12.4. The summed E-state index contributed by atoms with van der Waals surface area (Å²) in [5.74, 6) is -1.31. The van der Waals surface area contributed by atoms with E-state index >= 15 is 0 Å². The third-order valence-corrected chi connectivity index (χ3v) is 3.68. The van der Waals surface area contributed by atoms with Gasteiger partial charge in [-0.2, -0.15) is 0 Å². The Balaban J connectivity index is 2.49. The average Bonchev–Trinajstić information content (AvgIpc) is 2.38. The highest BCUT2D eigenvalue weighted by molar-refractivity contribution is 6.30. The molecule has 2 rings (SSSR count). The molecule has 1 aliphatic rings. The quantitative estimate of drug-likeness (QED) is 0.884. The fraction of sp³-hybridized carbons (Fsp3) is 0.286. The van der Waals surface area contributed by atoms with Gasteiger partial charge in [0.25, 0.3) is 0 Å². The molecule has 19 heavy (non-hydrogen) atoms. The van der Waals surface area contributed by atoms with E-state index in [1.807, 2.05) is 12.1 Å². The molecular formula is C14H15ClN2O2. The molecule has 1 unspecified atom stereocenters. The first-order chi connectivity index (χ1) is 9.00. The summed E-state index contributed by atoms with van der Waals surface area (Å²) in [6.45, 7) is 0. The molecule has 1 atom stereocenters. The monoisotopic (exact) mass is 278 g/mol. The first-order valence-corrected chi connectivity index (χ1v) is 6.46. The van der Waals surface area contributed by atoms with Crippen LogP contribution in [-0.2, 0) is 9.59 Å². The number of rotatable bonds is 3. The molecule has 0 aromatic heterocycles. The van der Waals surface area contributed by atoms with Crippen molar-refractivity contribution in [2.75, 3.05) is 0 Å². The Bertz CT molecular complexity index is 549. The highest BCUT2D eigenvalue weighted by Gasteiger charge is 2.30. The second-order valence-corrected chi connectivity index (χ2v) is 5.05. The van der Waals surface area contributed by atoms with Crippen LogP contribution in [0.2, 0.25) is 5.02 Å². The molecule has 0 aliphatic heterocycles. The maximum atomic E-state index is 11.7. The standard InChI is InChI=1S/C14H15ClN2O2/c15-9-6-4-8(5-7-9)10-2-1-3-11(13(16)18)12(10)14(17)19/h4-7,10H,1-3H2,(H2,16,18)(H2,17,19). The maximum Gasteiger partial charge on any atom is 0.245 e. The van der Waals surface area contributed by atoms with Crippen LogP contribution in [0.15, 0.2) is 35.4 Å². The van der Waals surface area contributed by atoms with Crippen LogP contribution in [0, 0.1) is 0 Å². The van der Waals surface area contributed by atoms with Crippen LogP contribution in [0.5, 0.6) is 0 Å². The SMILES string of the molecule is NC(=O)C1=C(C(N)=O)C(c2ccc(Cl)cc2)CCC1. The zero-order valence-electron chi connectivity index (χ0n) is 10.4. The van der Waals surface area contributed by atoms with Crippen LogP contribution in [-0.4, -0.2) is 11.8 Å². The summed E-state index contributed by atoms with van der Waals surface area (Å²) in [6, 6.07) is 7.21. The first kappa shape index (κ1) is 13.6. The molecule has 1 aromatic carbocycles. The van der Waals surface area contributed by atoms with E-state index in [9.17, 15) is 9.59 Å². The number of primary amides is 2. The topological polar surface area (TPSA) is 86.2 Å². The Morgan fingerprint density at radius 2 is 1.74 bits per heavy atom. The zero-order chi connectivity index (χ0) is 14.0. The van der Waals surface area contributed by atoms with Crippen molar-refractivity contribution in [3.8, 4) is 0 Å².